The second-order valence-electron chi connectivity index (χ2n) is 7.12. The topological polar surface area (TPSA) is 52.7 Å². The van der Waals surface area contributed by atoms with Gasteiger partial charge in [-0.05, 0) is 47.9 Å². The van der Waals surface area contributed by atoms with Crippen molar-refractivity contribution in [1.29, 1.82) is 0 Å². The minimum atomic E-state index is -0.226. The van der Waals surface area contributed by atoms with Gasteiger partial charge in [-0.1, -0.05) is 24.3 Å². The average molecular weight is 395 g/mol. The number of nitrogens with one attached hydrogen (secondary N) is 1. The van der Waals surface area contributed by atoms with Gasteiger partial charge in [-0.15, -0.1) is 0 Å². The fourth-order valence-electron chi connectivity index (χ4n) is 3.36. The van der Waals surface area contributed by atoms with Crippen molar-refractivity contribution in [2.45, 2.75) is 13.0 Å². The number of hydrogen-bond acceptors (Lipinski definition) is 3. The highest BCUT2D eigenvalue weighted by molar-refractivity contribution is 5.94. The molecule has 1 saturated heterocycles. The molecule has 3 rings (SSSR count). The number of carbonyl (C=O) groups excluding carboxylic acids is 2. The van der Waals surface area contributed by atoms with Gasteiger partial charge in [0, 0.05) is 51.4 Å². The third kappa shape index (κ3) is 5.99. The molecule has 2 aromatic rings. The molecule has 29 heavy (non-hydrogen) atoms. The van der Waals surface area contributed by atoms with Crippen LogP contribution in [0.4, 0.5) is 4.39 Å². The Bertz CT molecular complexity index is 863. The first-order valence-electron chi connectivity index (χ1n) is 9.81. The van der Waals surface area contributed by atoms with E-state index in [0.29, 0.717) is 12.1 Å². The molecule has 0 radical (unpaired) electrons. The van der Waals surface area contributed by atoms with Crippen molar-refractivity contribution in [3.05, 3.63) is 77.1 Å². The Hall–Kier alpha value is -2.99. The van der Waals surface area contributed by atoms with Gasteiger partial charge in [0.05, 0.1) is 0 Å². The Morgan fingerprint density at radius 1 is 1.00 bits per heavy atom. The smallest absolute Gasteiger partial charge is 0.251 e. The van der Waals surface area contributed by atoms with E-state index in [4.69, 9.17) is 0 Å². The van der Waals surface area contributed by atoms with Crippen LogP contribution in [-0.4, -0.2) is 54.8 Å². The lowest BCUT2D eigenvalue weighted by Crippen LogP contribution is -2.34. The molecule has 0 aromatic heterocycles. The van der Waals surface area contributed by atoms with Crippen molar-refractivity contribution in [1.82, 2.24) is 15.1 Å². The lowest BCUT2D eigenvalue weighted by atomic mass is 10.1. The molecule has 0 spiro atoms. The lowest BCUT2D eigenvalue weighted by molar-refractivity contribution is -0.125. The van der Waals surface area contributed by atoms with Crippen molar-refractivity contribution in [2.24, 2.45) is 0 Å². The fourth-order valence-corrected chi connectivity index (χ4v) is 3.36. The Morgan fingerprint density at radius 3 is 2.41 bits per heavy atom. The van der Waals surface area contributed by atoms with E-state index in [1.54, 1.807) is 43.5 Å². The quantitative estimate of drug-likeness (QED) is 0.792. The van der Waals surface area contributed by atoms with Crippen LogP contribution in [0, 0.1) is 5.82 Å². The van der Waals surface area contributed by atoms with Crippen LogP contribution in [0.5, 0.6) is 0 Å². The van der Waals surface area contributed by atoms with Gasteiger partial charge in [0.2, 0.25) is 5.91 Å². The van der Waals surface area contributed by atoms with E-state index in [1.807, 2.05) is 17.0 Å². The number of hydrogen-bond donors (Lipinski definition) is 1. The lowest BCUT2D eigenvalue weighted by Gasteiger charge is -2.21. The van der Waals surface area contributed by atoms with E-state index in [9.17, 15) is 14.0 Å². The SMILES string of the molecule is CNC(=O)c1ccc(C=CC(=O)N2CCCN(Cc3ccc(F)cc3)CC2)cc1. The predicted octanol–water partition coefficient (Wildman–Crippen LogP) is 2.93. The number of benzene rings is 2. The molecule has 0 saturated carbocycles. The van der Waals surface area contributed by atoms with Crippen molar-refractivity contribution in [2.75, 3.05) is 33.2 Å². The van der Waals surface area contributed by atoms with Crippen molar-refractivity contribution < 1.29 is 14.0 Å². The Kier molecular flexibility index (Phi) is 7.14. The minimum absolute atomic E-state index is 0.0102. The van der Waals surface area contributed by atoms with Crippen LogP contribution in [0.3, 0.4) is 0 Å². The summed E-state index contributed by atoms with van der Waals surface area (Å²) in [5.41, 5.74) is 2.54. The second-order valence-corrected chi connectivity index (χ2v) is 7.12. The van der Waals surface area contributed by atoms with E-state index in [1.165, 1.54) is 12.1 Å². The maximum atomic E-state index is 13.1. The fraction of sp³-hybridized carbons (Fsp3) is 0.304. The zero-order valence-electron chi connectivity index (χ0n) is 16.6. The van der Waals surface area contributed by atoms with Crippen LogP contribution in [0.1, 0.15) is 27.9 Å². The summed E-state index contributed by atoms with van der Waals surface area (Å²) in [6.45, 7) is 3.85. The summed E-state index contributed by atoms with van der Waals surface area (Å²) < 4.78 is 13.1. The van der Waals surface area contributed by atoms with Crippen molar-refractivity contribution in [3.63, 3.8) is 0 Å². The average Bonchev–Trinajstić information content (AvgIpc) is 2.99. The maximum Gasteiger partial charge on any atom is 0.251 e. The standard InChI is InChI=1S/C23H26FN3O2/c1-25-23(29)20-8-3-18(4-9-20)7-12-22(28)27-14-2-13-26(15-16-27)17-19-5-10-21(24)11-6-19/h3-12H,2,13-17H2,1H3,(H,25,29). The van der Waals surface area contributed by atoms with E-state index < -0.39 is 0 Å². The third-order valence-electron chi connectivity index (χ3n) is 5.04. The van der Waals surface area contributed by atoms with E-state index >= 15 is 0 Å². The number of rotatable bonds is 5. The Balaban J connectivity index is 1.52. The molecule has 0 atom stereocenters. The Labute approximate surface area is 170 Å². The summed E-state index contributed by atoms with van der Waals surface area (Å²) in [6.07, 6.45) is 4.27. The number of nitrogens with zero attached hydrogens (tertiary/aromatic N) is 2. The van der Waals surface area contributed by atoms with Gasteiger partial charge in [-0.3, -0.25) is 14.5 Å². The second kappa shape index (κ2) is 9.98. The summed E-state index contributed by atoms with van der Waals surface area (Å²) in [6, 6.07) is 13.7. The largest absolute Gasteiger partial charge is 0.355 e. The predicted molar refractivity (Wildman–Crippen MR) is 112 cm³/mol. The molecule has 6 heteroatoms. The van der Waals surface area contributed by atoms with E-state index in [2.05, 4.69) is 10.2 Å². The first-order valence-corrected chi connectivity index (χ1v) is 9.81. The summed E-state index contributed by atoms with van der Waals surface area (Å²) in [7, 11) is 1.59. The highest BCUT2D eigenvalue weighted by atomic mass is 19.1. The van der Waals surface area contributed by atoms with Crippen LogP contribution in [-0.2, 0) is 11.3 Å². The molecule has 152 valence electrons. The van der Waals surface area contributed by atoms with E-state index in [-0.39, 0.29) is 17.6 Å². The molecule has 1 aliphatic rings. The zero-order chi connectivity index (χ0) is 20.6. The van der Waals surface area contributed by atoms with Crippen LogP contribution in [0.15, 0.2) is 54.6 Å². The number of carbonyl (C=O) groups is 2. The van der Waals surface area contributed by atoms with Crippen LogP contribution >= 0.6 is 0 Å². The molecule has 1 aliphatic heterocycles. The molecule has 1 heterocycles. The zero-order valence-corrected chi connectivity index (χ0v) is 16.6. The number of halogens is 1. The molecule has 2 amide bonds. The van der Waals surface area contributed by atoms with Gasteiger partial charge in [0.25, 0.3) is 5.91 Å². The molecule has 1 fully saturated rings. The molecular formula is C23H26FN3O2. The molecule has 0 bridgehead atoms. The number of amides is 2. The first kappa shape index (κ1) is 20.7. The molecule has 0 unspecified atom stereocenters. The van der Waals surface area contributed by atoms with Gasteiger partial charge >= 0.3 is 0 Å². The summed E-state index contributed by atoms with van der Waals surface area (Å²) in [5.74, 6) is -0.369. The van der Waals surface area contributed by atoms with Crippen LogP contribution in [0.25, 0.3) is 6.08 Å². The van der Waals surface area contributed by atoms with E-state index in [0.717, 1.165) is 43.7 Å². The van der Waals surface area contributed by atoms with Gasteiger partial charge < -0.3 is 10.2 Å². The van der Waals surface area contributed by atoms with Crippen molar-refractivity contribution >= 4 is 17.9 Å². The monoisotopic (exact) mass is 395 g/mol. The highest BCUT2D eigenvalue weighted by Crippen LogP contribution is 2.11. The normalized spacial score (nSPS) is 15.3. The van der Waals surface area contributed by atoms with Crippen LogP contribution < -0.4 is 5.32 Å². The highest BCUT2D eigenvalue weighted by Gasteiger charge is 2.17. The van der Waals surface area contributed by atoms with Gasteiger partial charge in [-0.2, -0.15) is 0 Å². The molecule has 1 N–H and O–H groups in total. The summed E-state index contributed by atoms with van der Waals surface area (Å²) in [5, 5.41) is 2.58. The summed E-state index contributed by atoms with van der Waals surface area (Å²) >= 11 is 0. The van der Waals surface area contributed by atoms with Crippen molar-refractivity contribution in [3.8, 4) is 0 Å². The molecular weight excluding hydrogens is 369 g/mol. The maximum absolute atomic E-state index is 13.1. The Morgan fingerprint density at radius 2 is 1.72 bits per heavy atom. The molecule has 5 nitrogen and oxygen atoms in total. The van der Waals surface area contributed by atoms with Gasteiger partial charge in [-0.25, -0.2) is 4.39 Å². The summed E-state index contributed by atoms with van der Waals surface area (Å²) in [4.78, 5) is 28.3. The van der Waals surface area contributed by atoms with Gasteiger partial charge in [0.15, 0.2) is 0 Å². The molecule has 0 aliphatic carbocycles. The minimum Gasteiger partial charge on any atom is -0.355 e. The van der Waals surface area contributed by atoms with Gasteiger partial charge in [0.1, 0.15) is 5.82 Å². The third-order valence-corrected chi connectivity index (χ3v) is 5.04. The van der Waals surface area contributed by atoms with Crippen LogP contribution in [0.2, 0.25) is 0 Å². The first-order chi connectivity index (χ1) is 14.0. The molecule has 2 aromatic carbocycles.